The summed E-state index contributed by atoms with van der Waals surface area (Å²) in [6.45, 7) is 12.0. The number of carboxylic acids is 1. The number of rotatable bonds is 6. The number of hydrogen-bond acceptors (Lipinski definition) is 8. The molecule has 0 aromatic heterocycles. The number of carboxylic acid groups (broad SMARTS) is 1. The zero-order chi connectivity index (χ0) is 34.3. The molecule has 45 heavy (non-hydrogen) atoms. The van der Waals surface area contributed by atoms with Crippen LogP contribution in [0.5, 0.6) is 0 Å². The van der Waals surface area contributed by atoms with Gasteiger partial charge < -0.3 is 35.2 Å². The van der Waals surface area contributed by atoms with E-state index in [-0.39, 0.29) is 43.7 Å². The van der Waals surface area contributed by atoms with Crippen LogP contribution in [0, 0.1) is 23.7 Å². The molecule has 0 spiro atoms. The van der Waals surface area contributed by atoms with Gasteiger partial charge in [-0.25, -0.2) is 0 Å². The second-order valence-corrected chi connectivity index (χ2v) is 12.9. The van der Waals surface area contributed by atoms with Crippen molar-refractivity contribution in [3.05, 3.63) is 0 Å². The maximum Gasteiger partial charge on any atom is 0.308 e. The molecule has 14 nitrogen and oxygen atoms in total. The Morgan fingerprint density at radius 3 is 2.13 bits per heavy atom. The second kappa shape index (κ2) is 16.0. The number of ether oxygens (including phenoxy) is 1. The molecule has 2 rings (SSSR count). The molecule has 2 aliphatic rings. The van der Waals surface area contributed by atoms with Gasteiger partial charge >= 0.3 is 11.9 Å². The van der Waals surface area contributed by atoms with Gasteiger partial charge in [0.1, 0.15) is 24.2 Å². The SMILES string of the molecule is CC[C@@H](C)[C@H]1NC(=O)[C@H]2[C@@H](C)CCN2C(=O)[C@@H](C[C@@H](C)C(=O)O)OC(=O)CCNC(=O)[C@@H](C)N(C)C(=O)[C@@H](C(C)C)N(C)C1=O. The number of nitrogens with one attached hydrogen (secondary N) is 2. The predicted octanol–water partition coefficient (Wildman–Crippen LogP) is 0.627. The molecule has 2 fully saturated rings. The minimum Gasteiger partial charge on any atom is -0.481 e. The number of aliphatic carboxylic acids is 1. The number of esters is 1. The quantitative estimate of drug-likeness (QED) is 0.352. The number of amides is 5. The van der Waals surface area contributed by atoms with E-state index in [4.69, 9.17) is 4.74 Å². The minimum atomic E-state index is -1.48. The van der Waals surface area contributed by atoms with E-state index >= 15 is 0 Å². The Balaban J connectivity index is 2.60. The fraction of sp³-hybridized carbons (Fsp3) is 0.774. The number of cyclic esters (lactones) is 1. The smallest absolute Gasteiger partial charge is 0.308 e. The summed E-state index contributed by atoms with van der Waals surface area (Å²) in [5.41, 5.74) is 0. The van der Waals surface area contributed by atoms with E-state index in [2.05, 4.69) is 10.6 Å². The summed E-state index contributed by atoms with van der Waals surface area (Å²) in [5.74, 6) is -6.80. The van der Waals surface area contributed by atoms with Crippen LogP contribution in [-0.4, -0.2) is 119 Å². The molecular weight excluding hydrogens is 586 g/mol. The summed E-state index contributed by atoms with van der Waals surface area (Å²) in [7, 11) is 2.96. The van der Waals surface area contributed by atoms with Crippen LogP contribution < -0.4 is 10.6 Å². The first-order chi connectivity index (χ1) is 20.9. The maximum atomic E-state index is 14.0. The van der Waals surface area contributed by atoms with Crippen LogP contribution in [0.4, 0.5) is 0 Å². The van der Waals surface area contributed by atoms with Crippen molar-refractivity contribution < 1.29 is 43.4 Å². The van der Waals surface area contributed by atoms with Crippen molar-refractivity contribution in [3.8, 4) is 0 Å². The van der Waals surface area contributed by atoms with Crippen molar-refractivity contribution in [1.29, 1.82) is 0 Å². The molecule has 0 bridgehead atoms. The molecule has 8 atom stereocenters. The highest BCUT2D eigenvalue weighted by Gasteiger charge is 2.45. The number of fused-ring (bicyclic) bond motifs is 1. The van der Waals surface area contributed by atoms with Gasteiger partial charge in [0.05, 0.1) is 12.3 Å². The van der Waals surface area contributed by atoms with E-state index < -0.39 is 77.7 Å². The average molecular weight is 638 g/mol. The van der Waals surface area contributed by atoms with Crippen LogP contribution in [0.3, 0.4) is 0 Å². The van der Waals surface area contributed by atoms with E-state index in [9.17, 15) is 38.7 Å². The molecule has 0 aromatic rings. The fourth-order valence-corrected chi connectivity index (χ4v) is 5.80. The monoisotopic (exact) mass is 637 g/mol. The Bertz CT molecular complexity index is 1140. The van der Waals surface area contributed by atoms with E-state index in [1.165, 1.54) is 42.6 Å². The lowest BCUT2D eigenvalue weighted by Crippen LogP contribution is -2.61. The number of hydrogen-bond donors (Lipinski definition) is 3. The van der Waals surface area contributed by atoms with Crippen molar-refractivity contribution in [2.45, 2.75) is 104 Å². The molecule has 0 saturated carbocycles. The van der Waals surface area contributed by atoms with E-state index in [0.717, 1.165) is 0 Å². The third kappa shape index (κ3) is 8.94. The molecule has 0 unspecified atom stereocenters. The largest absolute Gasteiger partial charge is 0.481 e. The van der Waals surface area contributed by atoms with Gasteiger partial charge in [0.2, 0.25) is 23.6 Å². The highest BCUT2D eigenvalue weighted by molar-refractivity contribution is 5.96. The first kappa shape index (κ1) is 37.5. The van der Waals surface area contributed by atoms with Crippen molar-refractivity contribution in [2.75, 3.05) is 27.2 Å². The Labute approximate surface area is 265 Å². The minimum absolute atomic E-state index is 0.159. The molecule has 2 heterocycles. The van der Waals surface area contributed by atoms with Gasteiger partial charge in [0.15, 0.2) is 6.10 Å². The van der Waals surface area contributed by atoms with Crippen molar-refractivity contribution in [1.82, 2.24) is 25.3 Å². The first-order valence-electron chi connectivity index (χ1n) is 15.8. The molecule has 5 amide bonds. The highest BCUT2D eigenvalue weighted by atomic mass is 16.5. The Morgan fingerprint density at radius 1 is 0.956 bits per heavy atom. The lowest BCUT2D eigenvalue weighted by Gasteiger charge is -2.38. The lowest BCUT2D eigenvalue weighted by molar-refractivity contribution is -0.164. The Morgan fingerprint density at radius 2 is 1.58 bits per heavy atom. The molecule has 0 radical (unpaired) electrons. The predicted molar refractivity (Wildman–Crippen MR) is 163 cm³/mol. The summed E-state index contributed by atoms with van der Waals surface area (Å²) in [4.78, 5) is 96.7. The maximum absolute atomic E-state index is 14.0. The summed E-state index contributed by atoms with van der Waals surface area (Å²) >= 11 is 0. The number of likely N-dealkylation sites (N-methyl/N-ethyl adjacent to an activating group) is 2. The summed E-state index contributed by atoms with van der Waals surface area (Å²) in [5, 5.41) is 15.0. The Hall–Kier alpha value is -3.71. The fourth-order valence-electron chi connectivity index (χ4n) is 5.80. The molecular formula is C31H51N5O9. The van der Waals surface area contributed by atoms with E-state index in [0.29, 0.717) is 12.8 Å². The summed E-state index contributed by atoms with van der Waals surface area (Å²) < 4.78 is 5.47. The third-order valence-corrected chi connectivity index (χ3v) is 9.15. The van der Waals surface area contributed by atoms with Crippen LogP contribution in [0.25, 0.3) is 0 Å². The third-order valence-electron chi connectivity index (χ3n) is 9.15. The standard InChI is InChI=1S/C31H51N5O9/c1-10-17(4)23-29(41)35(9)24(16(2)3)30(42)34(8)20(7)26(38)32-13-11-22(37)45-21(15-19(6)31(43)44)28(40)36-14-12-18(5)25(36)27(39)33-23/h16-21,23-25H,10-15H2,1-9H3,(H,32,38)(H,33,39)(H,43,44)/t17-,18+,19-,20-,21-,23-,24-,25-/m1/s1. The van der Waals surface area contributed by atoms with Crippen molar-refractivity contribution in [2.24, 2.45) is 23.7 Å². The van der Waals surface area contributed by atoms with Gasteiger partial charge in [-0.3, -0.25) is 33.6 Å². The van der Waals surface area contributed by atoms with Gasteiger partial charge in [0, 0.05) is 33.6 Å². The van der Waals surface area contributed by atoms with Crippen LogP contribution in [0.15, 0.2) is 0 Å². The molecule has 2 saturated heterocycles. The molecule has 0 aromatic carbocycles. The highest BCUT2D eigenvalue weighted by Crippen LogP contribution is 2.28. The average Bonchev–Trinajstić information content (AvgIpc) is 3.37. The first-order valence-corrected chi connectivity index (χ1v) is 15.8. The van der Waals surface area contributed by atoms with Crippen LogP contribution >= 0.6 is 0 Å². The van der Waals surface area contributed by atoms with Crippen LogP contribution in [0.1, 0.15) is 74.1 Å². The molecule has 254 valence electrons. The number of nitrogens with zero attached hydrogens (tertiary/aromatic N) is 3. The lowest BCUT2D eigenvalue weighted by atomic mass is 9.93. The van der Waals surface area contributed by atoms with Gasteiger partial charge in [0.25, 0.3) is 5.91 Å². The van der Waals surface area contributed by atoms with E-state index in [1.54, 1.807) is 27.7 Å². The Kier molecular flexibility index (Phi) is 13.3. The van der Waals surface area contributed by atoms with Crippen LogP contribution in [0.2, 0.25) is 0 Å². The van der Waals surface area contributed by atoms with Gasteiger partial charge in [-0.05, 0) is 31.1 Å². The summed E-state index contributed by atoms with van der Waals surface area (Å²) in [6, 6.07) is -3.93. The molecule has 14 heteroatoms. The number of carbonyl (C=O) groups excluding carboxylic acids is 6. The normalized spacial score (nSPS) is 29.7. The summed E-state index contributed by atoms with van der Waals surface area (Å²) in [6.07, 6.45) is -1.12. The zero-order valence-corrected chi connectivity index (χ0v) is 28.0. The number of carbonyl (C=O) groups is 7. The van der Waals surface area contributed by atoms with Crippen molar-refractivity contribution >= 4 is 41.5 Å². The second-order valence-electron chi connectivity index (χ2n) is 12.9. The van der Waals surface area contributed by atoms with Gasteiger partial charge in [-0.1, -0.05) is 48.0 Å². The topological polar surface area (TPSA) is 183 Å². The zero-order valence-electron chi connectivity index (χ0n) is 28.0. The van der Waals surface area contributed by atoms with Gasteiger partial charge in [-0.2, -0.15) is 0 Å². The van der Waals surface area contributed by atoms with E-state index in [1.807, 2.05) is 6.92 Å². The van der Waals surface area contributed by atoms with Crippen molar-refractivity contribution in [3.63, 3.8) is 0 Å². The molecule has 0 aliphatic carbocycles. The molecule has 3 N–H and O–H groups in total. The van der Waals surface area contributed by atoms with Crippen LogP contribution in [-0.2, 0) is 38.3 Å². The molecule has 2 aliphatic heterocycles. The van der Waals surface area contributed by atoms with Gasteiger partial charge in [-0.15, -0.1) is 0 Å².